The molecule has 106 valence electrons. The van der Waals surface area contributed by atoms with Crippen molar-refractivity contribution in [2.75, 3.05) is 0 Å². The first-order chi connectivity index (χ1) is 10.1. The Hall–Kier alpha value is -2.13. The van der Waals surface area contributed by atoms with Crippen molar-refractivity contribution in [3.63, 3.8) is 0 Å². The SMILES string of the molecule is Cc1cc(C(=O)Cc2nn(C)c3ccccc23)ccc1Cl. The van der Waals surface area contributed by atoms with E-state index in [0.29, 0.717) is 17.0 Å². The Labute approximate surface area is 128 Å². The summed E-state index contributed by atoms with van der Waals surface area (Å²) in [5, 5.41) is 6.17. The van der Waals surface area contributed by atoms with Crippen molar-refractivity contribution in [3.8, 4) is 0 Å². The van der Waals surface area contributed by atoms with Crippen molar-refractivity contribution >= 4 is 28.3 Å². The number of fused-ring (bicyclic) bond motifs is 1. The number of aromatic nitrogens is 2. The van der Waals surface area contributed by atoms with Gasteiger partial charge in [0.2, 0.25) is 0 Å². The molecule has 0 atom stereocenters. The fourth-order valence-corrected chi connectivity index (χ4v) is 2.61. The van der Waals surface area contributed by atoms with Crippen LogP contribution in [-0.2, 0) is 13.5 Å². The third-order valence-corrected chi connectivity index (χ3v) is 4.07. The number of para-hydroxylation sites is 1. The molecule has 4 heteroatoms. The van der Waals surface area contributed by atoms with E-state index in [9.17, 15) is 4.79 Å². The molecule has 0 spiro atoms. The van der Waals surface area contributed by atoms with Crippen LogP contribution in [0.25, 0.3) is 10.9 Å². The van der Waals surface area contributed by atoms with Crippen molar-refractivity contribution in [2.24, 2.45) is 7.05 Å². The summed E-state index contributed by atoms with van der Waals surface area (Å²) in [5.74, 6) is 0.0543. The Morgan fingerprint density at radius 2 is 2.00 bits per heavy atom. The molecular weight excluding hydrogens is 284 g/mol. The molecule has 0 aliphatic carbocycles. The maximum absolute atomic E-state index is 12.4. The van der Waals surface area contributed by atoms with Crippen LogP contribution in [0.3, 0.4) is 0 Å². The molecule has 0 saturated carbocycles. The molecule has 0 N–H and O–H groups in total. The summed E-state index contributed by atoms with van der Waals surface area (Å²) in [5.41, 5.74) is 3.43. The lowest BCUT2D eigenvalue weighted by Crippen LogP contribution is -2.05. The molecule has 0 amide bonds. The third-order valence-electron chi connectivity index (χ3n) is 3.64. The highest BCUT2D eigenvalue weighted by Gasteiger charge is 2.14. The lowest BCUT2D eigenvalue weighted by molar-refractivity contribution is 0.0992. The molecular formula is C17H15ClN2O. The largest absolute Gasteiger partial charge is 0.294 e. The molecule has 3 nitrogen and oxygen atoms in total. The van der Waals surface area contributed by atoms with Gasteiger partial charge in [0.15, 0.2) is 5.78 Å². The molecule has 0 saturated heterocycles. The van der Waals surface area contributed by atoms with Gasteiger partial charge in [-0.1, -0.05) is 29.8 Å². The van der Waals surface area contributed by atoms with Gasteiger partial charge in [0, 0.05) is 23.0 Å². The van der Waals surface area contributed by atoms with Gasteiger partial charge >= 0.3 is 0 Å². The highest BCUT2D eigenvalue weighted by molar-refractivity contribution is 6.31. The van der Waals surface area contributed by atoms with Crippen LogP contribution in [0.2, 0.25) is 5.02 Å². The number of ketones is 1. The van der Waals surface area contributed by atoms with Gasteiger partial charge in [-0.3, -0.25) is 9.48 Å². The summed E-state index contributed by atoms with van der Waals surface area (Å²) in [4.78, 5) is 12.4. The van der Waals surface area contributed by atoms with Gasteiger partial charge in [0.05, 0.1) is 17.6 Å². The van der Waals surface area contributed by atoms with E-state index in [2.05, 4.69) is 5.10 Å². The van der Waals surface area contributed by atoms with Crippen molar-refractivity contribution in [2.45, 2.75) is 13.3 Å². The average Bonchev–Trinajstić information content (AvgIpc) is 2.79. The molecule has 0 aliphatic rings. The van der Waals surface area contributed by atoms with E-state index in [0.717, 1.165) is 22.2 Å². The van der Waals surface area contributed by atoms with Crippen molar-refractivity contribution in [3.05, 3.63) is 64.3 Å². The third kappa shape index (κ3) is 2.57. The van der Waals surface area contributed by atoms with Crippen LogP contribution in [0, 0.1) is 6.92 Å². The summed E-state index contributed by atoms with van der Waals surface area (Å²) in [6.07, 6.45) is 0.294. The maximum atomic E-state index is 12.4. The standard InChI is InChI=1S/C17H15ClN2O/c1-11-9-12(7-8-14(11)18)17(21)10-15-13-5-3-4-6-16(13)20(2)19-15/h3-9H,10H2,1-2H3. The summed E-state index contributed by atoms with van der Waals surface area (Å²) in [6.45, 7) is 1.90. The topological polar surface area (TPSA) is 34.9 Å². The van der Waals surface area contributed by atoms with E-state index in [1.165, 1.54) is 0 Å². The number of aryl methyl sites for hydroxylation is 2. The molecule has 0 unspecified atom stereocenters. The fraction of sp³-hybridized carbons (Fsp3) is 0.176. The monoisotopic (exact) mass is 298 g/mol. The van der Waals surface area contributed by atoms with E-state index in [4.69, 9.17) is 11.6 Å². The van der Waals surface area contributed by atoms with Crippen LogP contribution in [-0.4, -0.2) is 15.6 Å². The second-order valence-corrected chi connectivity index (χ2v) is 5.56. The normalized spacial score (nSPS) is 11.0. The molecule has 0 fully saturated rings. The summed E-state index contributed by atoms with van der Waals surface area (Å²) in [7, 11) is 1.89. The second-order valence-electron chi connectivity index (χ2n) is 5.15. The van der Waals surface area contributed by atoms with Gasteiger partial charge in [-0.2, -0.15) is 5.10 Å². The lowest BCUT2D eigenvalue weighted by atomic mass is 10.0. The highest BCUT2D eigenvalue weighted by Crippen LogP contribution is 2.21. The smallest absolute Gasteiger partial charge is 0.168 e. The van der Waals surface area contributed by atoms with Crippen LogP contribution >= 0.6 is 11.6 Å². The molecule has 0 bridgehead atoms. The van der Waals surface area contributed by atoms with E-state index in [1.807, 2.05) is 49.0 Å². The first-order valence-corrected chi connectivity index (χ1v) is 7.14. The molecule has 0 aliphatic heterocycles. The minimum absolute atomic E-state index is 0.0543. The zero-order valence-corrected chi connectivity index (χ0v) is 12.7. The molecule has 0 radical (unpaired) electrons. The van der Waals surface area contributed by atoms with E-state index < -0.39 is 0 Å². The van der Waals surface area contributed by atoms with Gasteiger partial charge in [0.25, 0.3) is 0 Å². The number of carbonyl (C=O) groups excluding carboxylic acids is 1. The summed E-state index contributed by atoms with van der Waals surface area (Å²) in [6, 6.07) is 13.3. The second kappa shape index (κ2) is 5.34. The summed E-state index contributed by atoms with van der Waals surface area (Å²) < 4.78 is 1.81. The van der Waals surface area contributed by atoms with E-state index >= 15 is 0 Å². The van der Waals surface area contributed by atoms with Crippen LogP contribution in [0.15, 0.2) is 42.5 Å². The number of rotatable bonds is 3. The quantitative estimate of drug-likeness (QED) is 0.686. The predicted molar refractivity (Wildman–Crippen MR) is 84.9 cm³/mol. The molecule has 3 aromatic rings. The Morgan fingerprint density at radius 1 is 1.24 bits per heavy atom. The number of carbonyl (C=O) groups is 1. The first-order valence-electron chi connectivity index (χ1n) is 6.76. The fourth-order valence-electron chi connectivity index (χ4n) is 2.49. The Bertz CT molecular complexity index is 836. The van der Waals surface area contributed by atoms with Crippen LogP contribution < -0.4 is 0 Å². The number of nitrogens with zero attached hydrogens (tertiary/aromatic N) is 2. The van der Waals surface area contributed by atoms with Gasteiger partial charge in [-0.25, -0.2) is 0 Å². The number of hydrogen-bond donors (Lipinski definition) is 0. The molecule has 1 aromatic heterocycles. The Morgan fingerprint density at radius 3 is 2.76 bits per heavy atom. The van der Waals surface area contributed by atoms with E-state index in [-0.39, 0.29) is 5.78 Å². The van der Waals surface area contributed by atoms with Crippen LogP contribution in [0.1, 0.15) is 21.6 Å². The molecule has 21 heavy (non-hydrogen) atoms. The number of halogens is 1. The Kier molecular flexibility index (Phi) is 3.52. The number of benzene rings is 2. The maximum Gasteiger partial charge on any atom is 0.168 e. The number of hydrogen-bond acceptors (Lipinski definition) is 2. The lowest BCUT2D eigenvalue weighted by Gasteiger charge is -2.03. The van der Waals surface area contributed by atoms with Crippen LogP contribution in [0.4, 0.5) is 0 Å². The average molecular weight is 299 g/mol. The summed E-state index contributed by atoms with van der Waals surface area (Å²) >= 11 is 6.00. The molecule has 3 rings (SSSR count). The van der Waals surface area contributed by atoms with Gasteiger partial charge in [-0.05, 0) is 36.8 Å². The van der Waals surface area contributed by atoms with E-state index in [1.54, 1.807) is 12.1 Å². The minimum atomic E-state index is 0.0543. The minimum Gasteiger partial charge on any atom is -0.294 e. The van der Waals surface area contributed by atoms with Gasteiger partial charge in [-0.15, -0.1) is 0 Å². The first kappa shape index (κ1) is 13.8. The zero-order chi connectivity index (χ0) is 15.0. The van der Waals surface area contributed by atoms with Gasteiger partial charge in [0.1, 0.15) is 0 Å². The molecule has 2 aromatic carbocycles. The van der Waals surface area contributed by atoms with Crippen molar-refractivity contribution in [1.82, 2.24) is 9.78 Å². The predicted octanol–water partition coefficient (Wildman–Crippen LogP) is 3.96. The number of Topliss-reactive ketones (excluding diaryl/α,β-unsaturated/α-hetero) is 1. The molecule has 1 heterocycles. The van der Waals surface area contributed by atoms with Crippen molar-refractivity contribution < 1.29 is 4.79 Å². The van der Waals surface area contributed by atoms with Crippen LogP contribution in [0.5, 0.6) is 0 Å². The zero-order valence-electron chi connectivity index (χ0n) is 11.9. The van der Waals surface area contributed by atoms with Gasteiger partial charge < -0.3 is 0 Å². The van der Waals surface area contributed by atoms with Crippen molar-refractivity contribution in [1.29, 1.82) is 0 Å². The Balaban J connectivity index is 1.94. The highest BCUT2D eigenvalue weighted by atomic mass is 35.5.